The predicted octanol–water partition coefficient (Wildman–Crippen LogP) is 6.28. The predicted molar refractivity (Wildman–Crippen MR) is 133 cm³/mol. The van der Waals surface area contributed by atoms with Crippen LogP contribution in [0.1, 0.15) is 50.1 Å². The zero-order chi connectivity index (χ0) is 23.4. The van der Waals surface area contributed by atoms with Crippen molar-refractivity contribution < 1.29 is 4.74 Å². The molecular formula is C28H32N4O. The maximum Gasteiger partial charge on any atom is 0.164 e. The first-order valence-corrected chi connectivity index (χ1v) is 11.7. The van der Waals surface area contributed by atoms with Crippen molar-refractivity contribution in [3.8, 4) is 28.4 Å². The molecule has 0 aliphatic rings. The number of aryl methyl sites for hydroxylation is 3. The largest absolute Gasteiger partial charge is 0.491 e. The van der Waals surface area contributed by atoms with E-state index in [1.54, 1.807) is 6.33 Å². The van der Waals surface area contributed by atoms with E-state index in [2.05, 4.69) is 73.6 Å². The third-order valence-corrected chi connectivity index (χ3v) is 5.88. The molecule has 0 N–H and O–H groups in total. The van der Waals surface area contributed by atoms with E-state index in [9.17, 15) is 0 Å². The lowest BCUT2D eigenvalue weighted by atomic mass is 9.94. The molecule has 2 aromatic carbocycles. The maximum atomic E-state index is 6.34. The lowest BCUT2D eigenvalue weighted by molar-refractivity contribution is 0.239. The van der Waals surface area contributed by atoms with Gasteiger partial charge in [0.05, 0.1) is 18.3 Å². The Bertz CT molecular complexity index is 1210. The Kier molecular flexibility index (Phi) is 6.87. The number of benzene rings is 2. The van der Waals surface area contributed by atoms with E-state index in [1.807, 2.05) is 30.3 Å². The van der Waals surface area contributed by atoms with Crippen LogP contribution in [0.3, 0.4) is 0 Å². The van der Waals surface area contributed by atoms with Crippen molar-refractivity contribution >= 4 is 0 Å². The Morgan fingerprint density at radius 3 is 2.27 bits per heavy atom. The number of pyridine rings is 1. The normalized spacial score (nSPS) is 11.2. The number of nitrogens with zero attached hydrogens (tertiary/aromatic N) is 4. The summed E-state index contributed by atoms with van der Waals surface area (Å²) in [4.78, 5) is 5.08. The van der Waals surface area contributed by atoms with Crippen molar-refractivity contribution in [2.24, 2.45) is 0 Å². The van der Waals surface area contributed by atoms with Crippen LogP contribution in [0.2, 0.25) is 0 Å². The van der Waals surface area contributed by atoms with Crippen LogP contribution in [0.5, 0.6) is 5.75 Å². The van der Waals surface area contributed by atoms with Gasteiger partial charge >= 0.3 is 0 Å². The zero-order valence-corrected chi connectivity index (χ0v) is 20.2. The summed E-state index contributed by atoms with van der Waals surface area (Å²) in [5.74, 6) is 1.70. The molecule has 2 heterocycles. The van der Waals surface area contributed by atoms with Crippen molar-refractivity contribution in [2.75, 3.05) is 0 Å². The molecule has 0 saturated heterocycles. The fourth-order valence-electron chi connectivity index (χ4n) is 4.27. The Labute approximate surface area is 196 Å². The molecule has 4 rings (SSSR count). The minimum absolute atomic E-state index is 0.0555. The molecule has 33 heavy (non-hydrogen) atoms. The van der Waals surface area contributed by atoms with Crippen LogP contribution in [-0.2, 0) is 19.4 Å². The number of ether oxygens (including phenoxy) is 1. The summed E-state index contributed by atoms with van der Waals surface area (Å²) in [6.45, 7) is 11.2. The molecule has 5 heteroatoms. The zero-order valence-electron chi connectivity index (χ0n) is 20.2. The lowest BCUT2D eigenvalue weighted by Gasteiger charge is -2.20. The first kappa shape index (κ1) is 22.7. The van der Waals surface area contributed by atoms with Gasteiger partial charge in [-0.15, -0.1) is 10.2 Å². The van der Waals surface area contributed by atoms with Crippen LogP contribution >= 0.6 is 0 Å². The number of rotatable bonds is 8. The molecule has 5 nitrogen and oxygen atoms in total. The van der Waals surface area contributed by atoms with E-state index in [4.69, 9.17) is 9.72 Å². The SMILES string of the molecule is CCc1cccc(CC)c1-c1cc(OC(C)C)c(Cn2cnnc2-c2ccccc2)c(C)n1. The molecule has 0 fully saturated rings. The molecule has 0 aliphatic carbocycles. The minimum Gasteiger partial charge on any atom is -0.491 e. The molecule has 0 spiro atoms. The Balaban J connectivity index is 1.81. The molecule has 0 aliphatic heterocycles. The summed E-state index contributed by atoms with van der Waals surface area (Å²) in [5.41, 5.74) is 7.89. The van der Waals surface area contributed by atoms with Gasteiger partial charge in [0, 0.05) is 28.5 Å². The van der Waals surface area contributed by atoms with Crippen LogP contribution in [-0.4, -0.2) is 25.9 Å². The van der Waals surface area contributed by atoms with Crippen molar-refractivity contribution in [1.29, 1.82) is 0 Å². The molecule has 4 aromatic rings. The summed E-state index contributed by atoms with van der Waals surface area (Å²) < 4.78 is 8.39. The number of hydrogen-bond donors (Lipinski definition) is 0. The highest BCUT2D eigenvalue weighted by atomic mass is 16.5. The maximum absolute atomic E-state index is 6.34. The topological polar surface area (TPSA) is 52.8 Å². The molecule has 0 bridgehead atoms. The van der Waals surface area contributed by atoms with E-state index in [1.165, 1.54) is 16.7 Å². The fraction of sp³-hybridized carbons (Fsp3) is 0.321. The van der Waals surface area contributed by atoms with Crippen LogP contribution in [0.15, 0.2) is 60.9 Å². The van der Waals surface area contributed by atoms with E-state index < -0.39 is 0 Å². The van der Waals surface area contributed by atoms with Crippen LogP contribution in [0.4, 0.5) is 0 Å². The van der Waals surface area contributed by atoms with Crippen molar-refractivity contribution in [3.63, 3.8) is 0 Å². The summed E-state index contributed by atoms with van der Waals surface area (Å²) in [7, 11) is 0. The first-order chi connectivity index (χ1) is 16.0. The molecule has 2 aromatic heterocycles. The van der Waals surface area contributed by atoms with Crippen molar-refractivity contribution in [2.45, 2.75) is 60.1 Å². The average molecular weight is 441 g/mol. The number of aromatic nitrogens is 4. The van der Waals surface area contributed by atoms with Gasteiger partial charge in [-0.25, -0.2) is 0 Å². The Morgan fingerprint density at radius 1 is 0.939 bits per heavy atom. The van der Waals surface area contributed by atoms with E-state index in [-0.39, 0.29) is 6.10 Å². The van der Waals surface area contributed by atoms with Crippen LogP contribution < -0.4 is 4.74 Å². The van der Waals surface area contributed by atoms with Gasteiger partial charge in [-0.05, 0) is 44.7 Å². The summed E-state index contributed by atoms with van der Waals surface area (Å²) >= 11 is 0. The summed E-state index contributed by atoms with van der Waals surface area (Å²) in [6.07, 6.45) is 3.76. The van der Waals surface area contributed by atoms with Crippen LogP contribution in [0.25, 0.3) is 22.6 Å². The van der Waals surface area contributed by atoms with Crippen LogP contribution in [0, 0.1) is 6.92 Å². The molecule has 0 saturated carbocycles. The Morgan fingerprint density at radius 2 is 1.64 bits per heavy atom. The molecule has 0 radical (unpaired) electrons. The highest BCUT2D eigenvalue weighted by Gasteiger charge is 2.19. The first-order valence-electron chi connectivity index (χ1n) is 11.7. The van der Waals surface area contributed by atoms with E-state index >= 15 is 0 Å². The van der Waals surface area contributed by atoms with Gasteiger partial charge in [0.1, 0.15) is 12.1 Å². The van der Waals surface area contributed by atoms with Gasteiger partial charge in [0.15, 0.2) is 5.82 Å². The highest BCUT2D eigenvalue weighted by molar-refractivity contribution is 5.70. The van der Waals surface area contributed by atoms with Crippen molar-refractivity contribution in [1.82, 2.24) is 19.7 Å². The van der Waals surface area contributed by atoms with Crippen molar-refractivity contribution in [3.05, 3.63) is 83.3 Å². The number of hydrogen-bond acceptors (Lipinski definition) is 4. The molecule has 0 amide bonds. The summed E-state index contributed by atoms with van der Waals surface area (Å²) in [5, 5.41) is 8.54. The molecular weight excluding hydrogens is 408 g/mol. The minimum atomic E-state index is 0.0555. The summed E-state index contributed by atoms with van der Waals surface area (Å²) in [6, 6.07) is 18.8. The second-order valence-electron chi connectivity index (χ2n) is 8.54. The second-order valence-corrected chi connectivity index (χ2v) is 8.54. The third-order valence-electron chi connectivity index (χ3n) is 5.88. The van der Waals surface area contributed by atoms with E-state index in [0.717, 1.165) is 46.9 Å². The molecule has 0 atom stereocenters. The highest BCUT2D eigenvalue weighted by Crippen LogP contribution is 2.34. The molecule has 170 valence electrons. The standard InChI is InChI=1S/C28H32N4O/c1-6-21-14-11-15-22(7-2)27(21)25-16-26(33-19(3)4)24(20(5)30-25)17-32-18-29-31-28(32)23-12-9-8-10-13-23/h8-16,18-19H,6-7,17H2,1-5H3. The second kappa shape index (κ2) is 9.99. The Hall–Kier alpha value is -3.47. The van der Waals surface area contributed by atoms with Gasteiger partial charge in [-0.2, -0.15) is 0 Å². The lowest BCUT2D eigenvalue weighted by Crippen LogP contribution is -2.12. The van der Waals surface area contributed by atoms with Gasteiger partial charge in [0.2, 0.25) is 0 Å². The van der Waals surface area contributed by atoms with Gasteiger partial charge in [0.25, 0.3) is 0 Å². The fourth-order valence-corrected chi connectivity index (χ4v) is 4.27. The quantitative estimate of drug-likeness (QED) is 0.324. The van der Waals surface area contributed by atoms with E-state index in [0.29, 0.717) is 6.54 Å². The monoisotopic (exact) mass is 440 g/mol. The van der Waals surface area contributed by atoms with Gasteiger partial charge in [-0.1, -0.05) is 62.4 Å². The van der Waals surface area contributed by atoms with Gasteiger partial charge in [-0.3, -0.25) is 4.98 Å². The smallest absolute Gasteiger partial charge is 0.164 e. The average Bonchev–Trinajstić information content (AvgIpc) is 3.29. The molecule has 0 unspecified atom stereocenters. The third kappa shape index (κ3) is 4.82. The van der Waals surface area contributed by atoms with Gasteiger partial charge < -0.3 is 9.30 Å².